The van der Waals surface area contributed by atoms with Crippen LogP contribution in [0.2, 0.25) is 0 Å². The Hall–Kier alpha value is -4.70. The molecule has 0 aliphatic heterocycles. The number of hydrazone groups is 1. The SMILES string of the molecule is O=C(Cc1ccccc1)NN=C(c1nc2ccc([N+](=O)[O-])cc2[nH]c1=O)C(O)c1ccccc1. The Labute approximate surface area is 192 Å². The Morgan fingerprint density at radius 3 is 2.44 bits per heavy atom. The maximum atomic E-state index is 12.8. The molecular formula is C24H19N5O5. The van der Waals surface area contributed by atoms with Gasteiger partial charge in [0.1, 0.15) is 11.8 Å². The van der Waals surface area contributed by atoms with Crippen LogP contribution in [0.25, 0.3) is 11.0 Å². The number of nitro groups is 1. The summed E-state index contributed by atoms with van der Waals surface area (Å²) in [4.78, 5) is 42.5. The van der Waals surface area contributed by atoms with Crippen LogP contribution in [0, 0.1) is 10.1 Å². The molecule has 10 nitrogen and oxygen atoms in total. The van der Waals surface area contributed by atoms with Crippen LogP contribution in [0.15, 0.2) is 88.8 Å². The lowest BCUT2D eigenvalue weighted by molar-refractivity contribution is -0.384. The largest absolute Gasteiger partial charge is 0.382 e. The first-order valence-corrected chi connectivity index (χ1v) is 10.2. The van der Waals surface area contributed by atoms with E-state index in [1.54, 1.807) is 54.6 Å². The molecule has 1 heterocycles. The van der Waals surface area contributed by atoms with Crippen LogP contribution in [-0.2, 0) is 11.2 Å². The number of non-ortho nitro benzene ring substituents is 1. The van der Waals surface area contributed by atoms with Crippen molar-refractivity contribution in [2.45, 2.75) is 12.5 Å². The fraction of sp³-hybridized carbons (Fsp3) is 0.0833. The molecule has 10 heteroatoms. The second-order valence-corrected chi connectivity index (χ2v) is 7.38. The van der Waals surface area contributed by atoms with Gasteiger partial charge in [0, 0.05) is 12.1 Å². The first-order valence-electron chi connectivity index (χ1n) is 10.2. The molecule has 0 spiro atoms. The number of fused-ring (bicyclic) bond motifs is 1. The fourth-order valence-electron chi connectivity index (χ4n) is 3.34. The number of aromatic amines is 1. The van der Waals surface area contributed by atoms with Crippen LogP contribution < -0.4 is 11.0 Å². The Bertz CT molecular complexity index is 1430. The number of hydrogen-bond donors (Lipinski definition) is 3. The molecule has 0 saturated heterocycles. The van der Waals surface area contributed by atoms with E-state index in [-0.39, 0.29) is 34.5 Å². The summed E-state index contributed by atoms with van der Waals surface area (Å²) in [7, 11) is 0. The highest BCUT2D eigenvalue weighted by Gasteiger charge is 2.23. The lowest BCUT2D eigenvalue weighted by atomic mass is 10.0. The van der Waals surface area contributed by atoms with E-state index in [4.69, 9.17) is 0 Å². The van der Waals surface area contributed by atoms with Gasteiger partial charge in [0.2, 0.25) is 5.91 Å². The van der Waals surface area contributed by atoms with Crippen molar-refractivity contribution in [2.75, 3.05) is 0 Å². The second-order valence-electron chi connectivity index (χ2n) is 7.38. The molecule has 1 atom stereocenters. The molecule has 0 saturated carbocycles. The minimum atomic E-state index is -1.37. The molecule has 4 aromatic rings. The van der Waals surface area contributed by atoms with Gasteiger partial charge in [0.15, 0.2) is 5.69 Å². The van der Waals surface area contributed by atoms with Gasteiger partial charge in [-0.1, -0.05) is 60.7 Å². The number of benzene rings is 3. The molecule has 34 heavy (non-hydrogen) atoms. The third-order valence-corrected chi connectivity index (χ3v) is 5.01. The molecule has 1 aromatic heterocycles. The molecule has 0 bridgehead atoms. The van der Waals surface area contributed by atoms with Crippen molar-refractivity contribution >= 4 is 28.3 Å². The van der Waals surface area contributed by atoms with Crippen molar-refractivity contribution in [3.8, 4) is 0 Å². The van der Waals surface area contributed by atoms with Crippen molar-refractivity contribution in [3.05, 3.63) is 116 Å². The number of aliphatic hydroxyl groups is 1. The van der Waals surface area contributed by atoms with Crippen LogP contribution in [0.1, 0.15) is 22.9 Å². The van der Waals surface area contributed by atoms with Crippen molar-refractivity contribution in [1.29, 1.82) is 0 Å². The van der Waals surface area contributed by atoms with Crippen molar-refractivity contribution in [2.24, 2.45) is 5.10 Å². The zero-order chi connectivity index (χ0) is 24.1. The summed E-state index contributed by atoms with van der Waals surface area (Å²) in [5.41, 5.74) is 2.67. The number of nitrogens with one attached hydrogen (secondary N) is 2. The van der Waals surface area contributed by atoms with E-state index >= 15 is 0 Å². The summed E-state index contributed by atoms with van der Waals surface area (Å²) < 4.78 is 0. The summed E-state index contributed by atoms with van der Waals surface area (Å²) >= 11 is 0. The molecule has 1 unspecified atom stereocenters. The van der Waals surface area contributed by atoms with E-state index < -0.39 is 22.5 Å². The third kappa shape index (κ3) is 5.03. The van der Waals surface area contributed by atoms with Gasteiger partial charge in [-0.25, -0.2) is 10.4 Å². The fourth-order valence-corrected chi connectivity index (χ4v) is 3.34. The number of aliphatic hydroxyl groups excluding tert-OH is 1. The highest BCUT2D eigenvalue weighted by molar-refractivity contribution is 6.03. The highest BCUT2D eigenvalue weighted by Crippen LogP contribution is 2.20. The smallest absolute Gasteiger partial charge is 0.276 e. The molecule has 0 aliphatic carbocycles. The second kappa shape index (κ2) is 9.84. The van der Waals surface area contributed by atoms with Crippen molar-refractivity contribution < 1.29 is 14.8 Å². The van der Waals surface area contributed by atoms with Gasteiger partial charge in [0.25, 0.3) is 11.2 Å². The van der Waals surface area contributed by atoms with E-state index in [0.717, 1.165) is 5.56 Å². The first kappa shape index (κ1) is 22.5. The molecule has 3 aromatic carbocycles. The van der Waals surface area contributed by atoms with Crippen LogP contribution >= 0.6 is 0 Å². The van der Waals surface area contributed by atoms with Gasteiger partial charge in [-0.3, -0.25) is 19.7 Å². The van der Waals surface area contributed by atoms with Gasteiger partial charge in [0.05, 0.1) is 22.4 Å². The number of carbonyl (C=O) groups is 1. The summed E-state index contributed by atoms with van der Waals surface area (Å²) in [6.07, 6.45) is -1.33. The predicted octanol–water partition coefficient (Wildman–Crippen LogP) is 2.63. The minimum absolute atomic E-state index is 0.0459. The summed E-state index contributed by atoms with van der Waals surface area (Å²) in [5, 5.41) is 26.1. The van der Waals surface area contributed by atoms with Crippen molar-refractivity contribution in [3.63, 3.8) is 0 Å². The number of carbonyl (C=O) groups excluding carboxylic acids is 1. The highest BCUT2D eigenvalue weighted by atomic mass is 16.6. The van der Waals surface area contributed by atoms with E-state index in [9.17, 15) is 24.8 Å². The topological polar surface area (TPSA) is 151 Å². The number of hydrogen-bond acceptors (Lipinski definition) is 7. The normalized spacial score (nSPS) is 12.3. The average molecular weight is 457 g/mol. The lowest BCUT2D eigenvalue weighted by Gasteiger charge is -2.14. The van der Waals surface area contributed by atoms with Crippen LogP contribution in [0.4, 0.5) is 5.69 Å². The molecule has 170 valence electrons. The average Bonchev–Trinajstić information content (AvgIpc) is 2.85. The molecule has 4 rings (SSSR count). The van der Waals surface area contributed by atoms with E-state index in [1.165, 1.54) is 18.2 Å². The molecule has 1 amide bonds. The van der Waals surface area contributed by atoms with Gasteiger partial charge in [-0.05, 0) is 17.2 Å². The Morgan fingerprint density at radius 1 is 1.09 bits per heavy atom. The number of nitro benzene ring substituents is 1. The molecular weight excluding hydrogens is 438 g/mol. The lowest BCUT2D eigenvalue weighted by Crippen LogP contribution is -2.29. The van der Waals surface area contributed by atoms with E-state index in [2.05, 4.69) is 20.5 Å². The van der Waals surface area contributed by atoms with Crippen LogP contribution in [0.3, 0.4) is 0 Å². The standard InChI is InChI=1S/C24H19N5O5/c30-20(13-15-7-3-1-4-8-15)27-28-21(23(31)16-9-5-2-6-10-16)22-24(32)26-19-14-17(29(33)34)11-12-18(19)25-22/h1-12,14,23,31H,13H2,(H,26,32)(H,27,30). The summed E-state index contributed by atoms with van der Waals surface area (Å²) in [5.74, 6) is -0.447. The third-order valence-electron chi connectivity index (χ3n) is 5.01. The minimum Gasteiger partial charge on any atom is -0.382 e. The van der Waals surface area contributed by atoms with Gasteiger partial charge < -0.3 is 10.1 Å². The monoisotopic (exact) mass is 457 g/mol. The quantitative estimate of drug-likeness (QED) is 0.220. The zero-order valence-corrected chi connectivity index (χ0v) is 17.7. The number of amides is 1. The number of nitrogens with zero attached hydrogens (tertiary/aromatic N) is 3. The Balaban J connectivity index is 1.73. The molecule has 0 aliphatic rings. The van der Waals surface area contributed by atoms with Crippen LogP contribution in [-0.4, -0.2) is 31.6 Å². The molecule has 0 radical (unpaired) electrons. The maximum Gasteiger partial charge on any atom is 0.276 e. The predicted molar refractivity (Wildman–Crippen MR) is 125 cm³/mol. The number of aromatic nitrogens is 2. The van der Waals surface area contributed by atoms with Crippen molar-refractivity contribution in [1.82, 2.24) is 15.4 Å². The van der Waals surface area contributed by atoms with E-state index in [1.807, 2.05) is 6.07 Å². The first-order chi connectivity index (χ1) is 16.4. The molecule has 3 N–H and O–H groups in total. The molecule has 0 fully saturated rings. The van der Waals surface area contributed by atoms with E-state index in [0.29, 0.717) is 5.56 Å². The summed E-state index contributed by atoms with van der Waals surface area (Å²) in [6, 6.07) is 21.3. The van der Waals surface area contributed by atoms with Gasteiger partial charge in [-0.2, -0.15) is 5.10 Å². The van der Waals surface area contributed by atoms with Gasteiger partial charge >= 0.3 is 0 Å². The number of rotatable bonds is 7. The van der Waals surface area contributed by atoms with Crippen LogP contribution in [0.5, 0.6) is 0 Å². The Kier molecular flexibility index (Phi) is 6.51. The Morgan fingerprint density at radius 2 is 1.76 bits per heavy atom. The maximum absolute atomic E-state index is 12.8. The summed E-state index contributed by atoms with van der Waals surface area (Å²) in [6.45, 7) is 0. The van der Waals surface area contributed by atoms with Gasteiger partial charge in [-0.15, -0.1) is 0 Å². The number of H-pyrrole nitrogens is 1. The zero-order valence-electron chi connectivity index (χ0n) is 17.7.